The summed E-state index contributed by atoms with van der Waals surface area (Å²) >= 11 is 6.21. The monoisotopic (exact) mass is 726 g/mol. The first-order valence-electron chi connectivity index (χ1n) is 17.0. The van der Waals surface area contributed by atoms with Crippen LogP contribution in [0.3, 0.4) is 0 Å². The molecule has 0 bridgehead atoms. The maximum Gasteiger partial charge on any atom is 0.262 e. The van der Waals surface area contributed by atoms with Crippen molar-refractivity contribution in [3.63, 3.8) is 0 Å². The number of fused-ring (bicyclic) bond motifs is 1. The van der Waals surface area contributed by atoms with E-state index in [0.717, 1.165) is 10.5 Å². The number of imide groups is 2. The molecule has 1 saturated heterocycles. The van der Waals surface area contributed by atoms with Gasteiger partial charge in [-0.2, -0.15) is 5.26 Å². The minimum absolute atomic E-state index is 0.0522. The van der Waals surface area contributed by atoms with Crippen molar-refractivity contribution in [2.24, 2.45) is 10.8 Å². The first kappa shape index (κ1) is 36.5. The third kappa shape index (κ3) is 6.98. The number of carbonyl (C=O) groups is 5. The van der Waals surface area contributed by atoms with E-state index in [0.29, 0.717) is 40.7 Å². The molecule has 6 rings (SSSR count). The highest BCUT2D eigenvalue weighted by molar-refractivity contribution is 6.31. The van der Waals surface area contributed by atoms with E-state index in [4.69, 9.17) is 31.1 Å². The Kier molecular flexibility index (Phi) is 10.1. The predicted molar refractivity (Wildman–Crippen MR) is 189 cm³/mol. The first-order valence-corrected chi connectivity index (χ1v) is 17.4. The number of amides is 5. The maximum absolute atomic E-state index is 13.3. The second-order valence-electron chi connectivity index (χ2n) is 14.4. The molecule has 3 aliphatic rings. The lowest BCUT2D eigenvalue weighted by molar-refractivity contribution is -0.164. The molecule has 270 valence electrons. The Balaban J connectivity index is 0.935. The van der Waals surface area contributed by atoms with Crippen molar-refractivity contribution in [2.75, 3.05) is 19.8 Å². The van der Waals surface area contributed by atoms with Crippen LogP contribution in [0.15, 0.2) is 60.7 Å². The minimum atomic E-state index is -1.03. The summed E-state index contributed by atoms with van der Waals surface area (Å²) in [4.78, 5) is 63.9. The number of ether oxygens (including phenoxy) is 3. The van der Waals surface area contributed by atoms with E-state index in [9.17, 15) is 24.0 Å². The summed E-state index contributed by atoms with van der Waals surface area (Å²) in [7, 11) is 0. The molecule has 0 radical (unpaired) electrons. The minimum Gasteiger partial charge on any atom is -0.491 e. The number of rotatable bonds is 12. The molecule has 1 aliphatic carbocycles. The molecular formula is C39H39ClN4O8. The summed E-state index contributed by atoms with van der Waals surface area (Å²) in [5, 5.41) is 14.9. The van der Waals surface area contributed by atoms with Crippen LogP contribution >= 0.6 is 11.6 Å². The standard InChI is InChI=1S/C39H39ClN4O8/c1-38(2)36(39(3,4)37(38)52-26-10-9-24(21-41)29(40)20-26)43-32(46)23-7-5-22(6-8-23)15-16-50-17-18-51-25-11-12-27-28(19-25)35(49)44(34(27)48)30-13-14-31(45)42-33(30)47/h5-12,19-20,30,36-37H,13-18H2,1-4H3,(H,43,46)(H,42,45,47)/t30?,36-,37-. The molecule has 13 heteroatoms. The van der Waals surface area contributed by atoms with Crippen molar-refractivity contribution in [3.05, 3.63) is 93.5 Å². The van der Waals surface area contributed by atoms with Crippen molar-refractivity contribution >= 4 is 41.1 Å². The van der Waals surface area contributed by atoms with Crippen LogP contribution in [0.1, 0.15) is 82.7 Å². The number of nitrogens with one attached hydrogen (secondary N) is 2. The molecule has 52 heavy (non-hydrogen) atoms. The second kappa shape index (κ2) is 14.4. The van der Waals surface area contributed by atoms with Gasteiger partial charge in [-0.25, -0.2) is 0 Å². The van der Waals surface area contributed by atoms with E-state index in [-0.39, 0.29) is 66.1 Å². The van der Waals surface area contributed by atoms with Crippen LogP contribution in [0, 0.1) is 22.2 Å². The van der Waals surface area contributed by atoms with Crippen molar-refractivity contribution in [3.8, 4) is 17.6 Å². The van der Waals surface area contributed by atoms with Crippen LogP contribution in [0.25, 0.3) is 0 Å². The van der Waals surface area contributed by atoms with Gasteiger partial charge in [0.05, 0.1) is 34.9 Å². The Hall–Kier alpha value is -5.25. The quantitative estimate of drug-likeness (QED) is 0.196. The van der Waals surface area contributed by atoms with Gasteiger partial charge < -0.3 is 19.5 Å². The van der Waals surface area contributed by atoms with E-state index >= 15 is 0 Å². The molecule has 3 aromatic carbocycles. The lowest BCUT2D eigenvalue weighted by Gasteiger charge is -2.63. The number of nitrogens with zero attached hydrogens (tertiary/aromatic N) is 2. The average molecular weight is 727 g/mol. The van der Waals surface area contributed by atoms with Crippen LogP contribution < -0.4 is 20.1 Å². The lowest BCUT2D eigenvalue weighted by atomic mass is 9.49. The van der Waals surface area contributed by atoms with Crippen molar-refractivity contribution in [1.29, 1.82) is 5.26 Å². The second-order valence-corrected chi connectivity index (χ2v) is 14.8. The van der Waals surface area contributed by atoms with Gasteiger partial charge in [0.15, 0.2) is 0 Å². The molecule has 1 atom stereocenters. The van der Waals surface area contributed by atoms with Crippen LogP contribution in [-0.4, -0.2) is 72.4 Å². The van der Waals surface area contributed by atoms with Gasteiger partial charge in [0, 0.05) is 34.9 Å². The molecule has 2 fully saturated rings. The maximum atomic E-state index is 13.3. The van der Waals surface area contributed by atoms with E-state index in [2.05, 4.69) is 38.3 Å². The zero-order valence-electron chi connectivity index (χ0n) is 29.3. The number of hydrogen-bond donors (Lipinski definition) is 2. The van der Waals surface area contributed by atoms with Crippen molar-refractivity contribution in [1.82, 2.24) is 15.5 Å². The zero-order valence-corrected chi connectivity index (χ0v) is 30.0. The third-order valence-electron chi connectivity index (χ3n) is 10.1. The molecule has 0 aromatic heterocycles. The fraction of sp³-hybridized carbons (Fsp3) is 0.385. The average Bonchev–Trinajstić information content (AvgIpc) is 3.35. The van der Waals surface area contributed by atoms with Gasteiger partial charge in [0.2, 0.25) is 11.8 Å². The van der Waals surface area contributed by atoms with E-state index in [1.807, 2.05) is 18.2 Å². The van der Waals surface area contributed by atoms with Gasteiger partial charge >= 0.3 is 0 Å². The summed E-state index contributed by atoms with van der Waals surface area (Å²) in [6.45, 7) is 9.13. The Morgan fingerprint density at radius 3 is 2.29 bits per heavy atom. The molecule has 5 amide bonds. The number of piperidine rings is 1. The largest absolute Gasteiger partial charge is 0.491 e. The Morgan fingerprint density at radius 2 is 1.62 bits per heavy atom. The number of benzene rings is 3. The van der Waals surface area contributed by atoms with Gasteiger partial charge in [0.25, 0.3) is 17.7 Å². The summed E-state index contributed by atoms with van der Waals surface area (Å²) in [5.41, 5.74) is 1.50. The van der Waals surface area contributed by atoms with Gasteiger partial charge in [-0.05, 0) is 60.9 Å². The third-order valence-corrected chi connectivity index (χ3v) is 10.4. The number of halogens is 1. The highest BCUT2D eigenvalue weighted by atomic mass is 35.5. The molecule has 2 heterocycles. The summed E-state index contributed by atoms with van der Waals surface area (Å²) < 4.78 is 17.8. The Labute approximate surface area is 306 Å². The number of hydrogen-bond acceptors (Lipinski definition) is 9. The SMILES string of the molecule is CC1(C)[C@H](NC(=O)c2ccc(CCOCCOc3ccc4c(c3)C(=O)N(C3CCC(=O)NC3=O)C4=O)cc2)C(C)(C)[C@H]1Oc1ccc(C#N)c(Cl)c1. The normalized spacial score (nSPS) is 21.5. The highest BCUT2D eigenvalue weighted by Crippen LogP contribution is 2.55. The van der Waals surface area contributed by atoms with Crippen molar-refractivity contribution in [2.45, 2.75) is 65.1 Å². The van der Waals surface area contributed by atoms with Gasteiger partial charge in [0.1, 0.15) is 36.3 Å². The molecule has 3 aromatic rings. The summed E-state index contributed by atoms with van der Waals surface area (Å²) in [5.74, 6) is -1.47. The fourth-order valence-corrected chi connectivity index (χ4v) is 7.90. The van der Waals surface area contributed by atoms with Gasteiger partial charge in [-0.1, -0.05) is 51.4 Å². The van der Waals surface area contributed by atoms with Crippen LogP contribution in [0.5, 0.6) is 11.5 Å². The van der Waals surface area contributed by atoms with Crippen LogP contribution in [-0.2, 0) is 20.7 Å². The molecule has 12 nitrogen and oxygen atoms in total. The highest BCUT2D eigenvalue weighted by Gasteiger charge is 2.64. The Morgan fingerprint density at radius 1 is 0.923 bits per heavy atom. The topological polar surface area (TPSA) is 164 Å². The molecule has 2 N–H and O–H groups in total. The smallest absolute Gasteiger partial charge is 0.262 e. The lowest BCUT2D eigenvalue weighted by Crippen LogP contribution is -2.74. The first-order chi connectivity index (χ1) is 24.7. The molecule has 1 saturated carbocycles. The van der Waals surface area contributed by atoms with Gasteiger partial charge in [-0.3, -0.25) is 34.2 Å². The van der Waals surface area contributed by atoms with E-state index in [1.165, 1.54) is 12.1 Å². The molecular weight excluding hydrogens is 688 g/mol. The van der Waals surface area contributed by atoms with Crippen LogP contribution in [0.2, 0.25) is 5.02 Å². The molecule has 1 unspecified atom stereocenters. The molecule has 2 aliphatic heterocycles. The number of nitriles is 1. The Bertz CT molecular complexity index is 1970. The summed E-state index contributed by atoms with van der Waals surface area (Å²) in [6.07, 6.45) is 0.555. The van der Waals surface area contributed by atoms with E-state index in [1.54, 1.807) is 36.4 Å². The summed E-state index contributed by atoms with van der Waals surface area (Å²) in [6, 6.07) is 17.8. The predicted octanol–water partition coefficient (Wildman–Crippen LogP) is 4.86. The van der Waals surface area contributed by atoms with Crippen molar-refractivity contribution < 1.29 is 38.2 Å². The van der Waals surface area contributed by atoms with Crippen LogP contribution in [0.4, 0.5) is 0 Å². The van der Waals surface area contributed by atoms with Gasteiger partial charge in [-0.15, -0.1) is 0 Å². The molecule has 0 spiro atoms. The fourth-order valence-electron chi connectivity index (χ4n) is 7.68. The van der Waals surface area contributed by atoms with E-state index < -0.39 is 29.7 Å². The zero-order chi connectivity index (χ0) is 37.4. The number of carbonyl (C=O) groups excluding carboxylic acids is 5.